The first-order valence-electron chi connectivity index (χ1n) is 7.42. The molecule has 6 heteroatoms. The number of aromatic nitrogens is 1. The number of nitrogens with zero attached hydrogens (tertiary/aromatic N) is 2. The van der Waals surface area contributed by atoms with Gasteiger partial charge in [-0.25, -0.2) is 0 Å². The van der Waals surface area contributed by atoms with E-state index in [1.807, 2.05) is 31.1 Å². The van der Waals surface area contributed by atoms with Gasteiger partial charge in [-0.1, -0.05) is 6.07 Å². The lowest BCUT2D eigenvalue weighted by molar-refractivity contribution is -0.120. The first-order valence-corrected chi connectivity index (χ1v) is 7.42. The molecule has 0 radical (unpaired) electrons. The fourth-order valence-corrected chi connectivity index (χ4v) is 2.55. The molecule has 1 N–H and O–H groups in total. The molecule has 120 valence electrons. The lowest BCUT2D eigenvalue weighted by atomic mass is 10.1. The van der Waals surface area contributed by atoms with Crippen LogP contribution in [0.2, 0.25) is 0 Å². The minimum atomic E-state index is -0.420. The van der Waals surface area contributed by atoms with Gasteiger partial charge in [-0.05, 0) is 37.9 Å². The Hall–Kier alpha value is -2.60. The van der Waals surface area contributed by atoms with Crippen molar-refractivity contribution in [3.8, 4) is 11.5 Å². The molecule has 2 heterocycles. The summed E-state index contributed by atoms with van der Waals surface area (Å²) in [4.78, 5) is 18.6. The molecule has 1 aromatic heterocycles. The third-order valence-corrected chi connectivity index (χ3v) is 3.57. The minimum absolute atomic E-state index is 0.125. The topological polar surface area (TPSA) is 63.7 Å². The number of carbonyl (C=O) groups excluding carboxylic acids is 1. The quantitative estimate of drug-likeness (QED) is 0.936. The Balaban J connectivity index is 1.79. The van der Waals surface area contributed by atoms with Crippen LogP contribution >= 0.6 is 0 Å². The standard InChI is InChI=1S/C17H19N3O3/c1-20(2)16(12-4-3-7-18-11-12)17(21)19-13-5-6-14-15(10-13)23-9-8-22-14/h3-7,10-11,16H,8-9H2,1-2H3,(H,19,21). The predicted octanol–water partition coefficient (Wildman–Crippen LogP) is 2.09. The Morgan fingerprint density at radius 2 is 2.00 bits per heavy atom. The first kappa shape index (κ1) is 15.3. The monoisotopic (exact) mass is 313 g/mol. The molecule has 1 unspecified atom stereocenters. The number of amides is 1. The third-order valence-electron chi connectivity index (χ3n) is 3.57. The van der Waals surface area contributed by atoms with Crippen LogP contribution in [0.25, 0.3) is 0 Å². The van der Waals surface area contributed by atoms with Gasteiger partial charge >= 0.3 is 0 Å². The Labute approximate surface area is 135 Å². The van der Waals surface area contributed by atoms with Gasteiger partial charge in [-0.2, -0.15) is 0 Å². The fraction of sp³-hybridized carbons (Fsp3) is 0.294. The van der Waals surface area contributed by atoms with E-state index in [4.69, 9.17) is 9.47 Å². The van der Waals surface area contributed by atoms with E-state index in [0.717, 1.165) is 5.56 Å². The number of benzene rings is 1. The predicted molar refractivity (Wildman–Crippen MR) is 86.7 cm³/mol. The van der Waals surface area contributed by atoms with Gasteiger partial charge in [0.15, 0.2) is 11.5 Å². The first-order chi connectivity index (χ1) is 11.1. The van der Waals surface area contributed by atoms with Crippen molar-refractivity contribution in [3.05, 3.63) is 48.3 Å². The van der Waals surface area contributed by atoms with Crippen LogP contribution in [-0.2, 0) is 4.79 Å². The molecule has 1 atom stereocenters. The number of ether oxygens (including phenoxy) is 2. The summed E-state index contributed by atoms with van der Waals surface area (Å²) in [6.45, 7) is 1.06. The molecule has 1 amide bonds. The summed E-state index contributed by atoms with van der Waals surface area (Å²) in [5.74, 6) is 1.22. The summed E-state index contributed by atoms with van der Waals surface area (Å²) >= 11 is 0. The maximum absolute atomic E-state index is 12.7. The molecule has 2 aromatic rings. The van der Waals surface area contributed by atoms with Crippen molar-refractivity contribution in [3.63, 3.8) is 0 Å². The van der Waals surface area contributed by atoms with Gasteiger partial charge in [0, 0.05) is 24.1 Å². The van der Waals surface area contributed by atoms with E-state index in [1.165, 1.54) is 0 Å². The van der Waals surface area contributed by atoms with Gasteiger partial charge in [0.25, 0.3) is 0 Å². The number of rotatable bonds is 4. The summed E-state index contributed by atoms with van der Waals surface area (Å²) in [5, 5.41) is 2.93. The lowest BCUT2D eigenvalue weighted by Gasteiger charge is -2.24. The molecule has 1 aliphatic heterocycles. The normalized spacial score (nSPS) is 14.4. The highest BCUT2D eigenvalue weighted by atomic mass is 16.6. The molecule has 0 fully saturated rings. The number of fused-ring (bicyclic) bond motifs is 1. The van der Waals surface area contributed by atoms with E-state index in [2.05, 4.69) is 10.3 Å². The molecule has 3 rings (SSSR count). The van der Waals surface area contributed by atoms with E-state index < -0.39 is 6.04 Å². The number of hydrogen-bond acceptors (Lipinski definition) is 5. The summed E-state index contributed by atoms with van der Waals surface area (Å²) in [7, 11) is 3.72. The van der Waals surface area contributed by atoms with Crippen LogP contribution in [0.3, 0.4) is 0 Å². The van der Waals surface area contributed by atoms with Crippen molar-refractivity contribution in [1.82, 2.24) is 9.88 Å². The van der Waals surface area contributed by atoms with Gasteiger partial charge in [-0.15, -0.1) is 0 Å². The van der Waals surface area contributed by atoms with Crippen molar-refractivity contribution in [2.75, 3.05) is 32.6 Å². The Bertz CT molecular complexity index is 689. The van der Waals surface area contributed by atoms with Gasteiger partial charge in [0.1, 0.15) is 19.3 Å². The molecule has 0 bridgehead atoms. The highest BCUT2D eigenvalue weighted by Gasteiger charge is 2.23. The van der Waals surface area contributed by atoms with E-state index >= 15 is 0 Å². The highest BCUT2D eigenvalue weighted by Crippen LogP contribution is 2.33. The number of pyridine rings is 1. The van der Waals surface area contributed by atoms with Crippen molar-refractivity contribution in [2.45, 2.75) is 6.04 Å². The second-order valence-corrected chi connectivity index (χ2v) is 5.50. The zero-order chi connectivity index (χ0) is 16.2. The summed E-state index contributed by atoms with van der Waals surface area (Å²) in [6.07, 6.45) is 3.39. The molecule has 0 aliphatic carbocycles. The average Bonchev–Trinajstić information content (AvgIpc) is 2.55. The van der Waals surface area contributed by atoms with Gasteiger partial charge < -0.3 is 14.8 Å². The maximum Gasteiger partial charge on any atom is 0.246 e. The molecule has 0 saturated carbocycles. The van der Waals surface area contributed by atoms with Crippen LogP contribution in [0.1, 0.15) is 11.6 Å². The molecule has 23 heavy (non-hydrogen) atoms. The Morgan fingerprint density at radius 1 is 1.22 bits per heavy atom. The number of hydrogen-bond donors (Lipinski definition) is 1. The Kier molecular flexibility index (Phi) is 4.43. The highest BCUT2D eigenvalue weighted by molar-refractivity contribution is 5.95. The minimum Gasteiger partial charge on any atom is -0.486 e. The smallest absolute Gasteiger partial charge is 0.246 e. The van der Waals surface area contributed by atoms with Gasteiger partial charge in [0.2, 0.25) is 5.91 Å². The average molecular weight is 313 g/mol. The zero-order valence-electron chi connectivity index (χ0n) is 13.2. The summed E-state index contributed by atoms with van der Waals surface area (Å²) in [5.41, 5.74) is 1.52. The SMILES string of the molecule is CN(C)C(C(=O)Nc1ccc2c(c1)OCCO2)c1cccnc1. The van der Waals surface area contributed by atoms with Gasteiger partial charge in [0.05, 0.1) is 0 Å². The van der Waals surface area contributed by atoms with Crippen LogP contribution in [-0.4, -0.2) is 43.1 Å². The van der Waals surface area contributed by atoms with E-state index in [0.29, 0.717) is 30.4 Å². The largest absolute Gasteiger partial charge is 0.486 e. The number of nitrogens with one attached hydrogen (secondary N) is 1. The Morgan fingerprint density at radius 3 is 2.70 bits per heavy atom. The van der Waals surface area contributed by atoms with Crippen molar-refractivity contribution in [2.24, 2.45) is 0 Å². The van der Waals surface area contributed by atoms with Crippen molar-refractivity contribution >= 4 is 11.6 Å². The van der Waals surface area contributed by atoms with Gasteiger partial charge in [-0.3, -0.25) is 14.7 Å². The van der Waals surface area contributed by atoms with Crippen LogP contribution < -0.4 is 14.8 Å². The molecular formula is C17H19N3O3. The third kappa shape index (κ3) is 3.43. The van der Waals surface area contributed by atoms with Crippen molar-refractivity contribution in [1.29, 1.82) is 0 Å². The van der Waals surface area contributed by atoms with Crippen LogP contribution in [0, 0.1) is 0 Å². The second-order valence-electron chi connectivity index (χ2n) is 5.50. The molecule has 0 spiro atoms. The molecular weight excluding hydrogens is 294 g/mol. The molecule has 1 aromatic carbocycles. The second kappa shape index (κ2) is 6.66. The van der Waals surface area contributed by atoms with Crippen molar-refractivity contribution < 1.29 is 14.3 Å². The molecule has 1 aliphatic rings. The fourth-order valence-electron chi connectivity index (χ4n) is 2.55. The lowest BCUT2D eigenvalue weighted by Crippen LogP contribution is -2.32. The summed E-state index contributed by atoms with van der Waals surface area (Å²) < 4.78 is 11.0. The van der Waals surface area contributed by atoms with E-state index in [1.54, 1.807) is 30.6 Å². The van der Waals surface area contributed by atoms with Crippen LogP contribution in [0.5, 0.6) is 11.5 Å². The molecule has 6 nitrogen and oxygen atoms in total. The van der Waals surface area contributed by atoms with Crippen LogP contribution in [0.15, 0.2) is 42.7 Å². The number of anilines is 1. The number of carbonyl (C=O) groups is 1. The zero-order valence-corrected chi connectivity index (χ0v) is 13.2. The van der Waals surface area contributed by atoms with Crippen LogP contribution in [0.4, 0.5) is 5.69 Å². The summed E-state index contributed by atoms with van der Waals surface area (Å²) in [6, 6.07) is 8.68. The molecule has 0 saturated heterocycles. The van der Waals surface area contributed by atoms with E-state index in [-0.39, 0.29) is 5.91 Å². The number of likely N-dealkylation sites (N-methyl/N-ethyl adjacent to an activating group) is 1. The van der Waals surface area contributed by atoms with E-state index in [9.17, 15) is 4.79 Å². The maximum atomic E-state index is 12.7.